The maximum Gasteiger partial charge on any atom is 0.324 e. The summed E-state index contributed by atoms with van der Waals surface area (Å²) in [6.45, 7) is 5.74. The van der Waals surface area contributed by atoms with Crippen molar-refractivity contribution in [2.24, 2.45) is 0 Å². The number of urea groups is 1. The highest BCUT2D eigenvalue weighted by Crippen LogP contribution is 2.29. The van der Waals surface area contributed by atoms with Crippen molar-refractivity contribution in [3.8, 4) is 0 Å². The first kappa shape index (κ1) is 16.0. The highest BCUT2D eigenvalue weighted by molar-refractivity contribution is 8.02. The molecule has 0 aliphatic carbocycles. The number of anilines is 1. The molecule has 0 unspecified atom stereocenters. The molecule has 2 N–H and O–H groups in total. The van der Waals surface area contributed by atoms with Crippen LogP contribution in [0.1, 0.15) is 26.7 Å². The number of hydrogen-bond donors (Lipinski definition) is 2. The molecule has 3 amide bonds. The van der Waals surface area contributed by atoms with Crippen LogP contribution in [0.3, 0.4) is 0 Å². The standard InChI is InChI=1S/C12H19N5O2S2/c1-3-4-5-13-10-15-16-12(21-10)20-8(2)9(18)17-7-6-14-11(17)19/h8H,3-7H2,1-2H3,(H,13,15)(H,14,19)/t8-/m1/s1. The molecule has 1 aromatic heterocycles. The Hall–Kier alpha value is -1.35. The van der Waals surface area contributed by atoms with Gasteiger partial charge in [0.2, 0.25) is 11.0 Å². The van der Waals surface area contributed by atoms with Crippen LogP contribution in [0.15, 0.2) is 4.34 Å². The maximum atomic E-state index is 12.2. The molecule has 2 rings (SSSR count). The van der Waals surface area contributed by atoms with Gasteiger partial charge >= 0.3 is 6.03 Å². The smallest absolute Gasteiger partial charge is 0.324 e. The number of hydrogen-bond acceptors (Lipinski definition) is 7. The van der Waals surface area contributed by atoms with E-state index in [1.165, 1.54) is 28.0 Å². The average molecular weight is 329 g/mol. The molecule has 21 heavy (non-hydrogen) atoms. The summed E-state index contributed by atoms with van der Waals surface area (Å²) in [7, 11) is 0. The van der Waals surface area contributed by atoms with Gasteiger partial charge in [-0.15, -0.1) is 10.2 Å². The van der Waals surface area contributed by atoms with Gasteiger partial charge in [-0.05, 0) is 13.3 Å². The quantitative estimate of drug-likeness (QED) is 0.586. The first-order valence-corrected chi connectivity index (χ1v) is 8.64. The number of nitrogens with zero attached hydrogens (tertiary/aromatic N) is 3. The van der Waals surface area contributed by atoms with E-state index in [0.717, 1.165) is 28.9 Å². The Balaban J connectivity index is 1.86. The third-order valence-electron chi connectivity index (χ3n) is 2.96. The van der Waals surface area contributed by atoms with Gasteiger partial charge in [0.05, 0.1) is 5.25 Å². The molecule has 0 aromatic carbocycles. The summed E-state index contributed by atoms with van der Waals surface area (Å²) in [4.78, 5) is 24.9. The van der Waals surface area contributed by atoms with Crippen LogP contribution in [0, 0.1) is 0 Å². The molecule has 1 atom stereocenters. The van der Waals surface area contributed by atoms with Crippen LogP contribution in [0.2, 0.25) is 0 Å². The van der Waals surface area contributed by atoms with Crippen LogP contribution in [0.5, 0.6) is 0 Å². The molecule has 7 nitrogen and oxygen atoms in total. The van der Waals surface area contributed by atoms with E-state index in [-0.39, 0.29) is 17.2 Å². The summed E-state index contributed by atoms with van der Waals surface area (Å²) >= 11 is 2.77. The van der Waals surface area contributed by atoms with Gasteiger partial charge < -0.3 is 10.6 Å². The van der Waals surface area contributed by atoms with Crippen LogP contribution >= 0.6 is 23.1 Å². The fourth-order valence-electron chi connectivity index (χ4n) is 1.80. The van der Waals surface area contributed by atoms with Crippen LogP contribution < -0.4 is 10.6 Å². The molecule has 0 radical (unpaired) electrons. The Morgan fingerprint density at radius 1 is 1.57 bits per heavy atom. The minimum absolute atomic E-state index is 0.189. The zero-order valence-corrected chi connectivity index (χ0v) is 13.7. The summed E-state index contributed by atoms with van der Waals surface area (Å²) in [6.07, 6.45) is 2.21. The number of carbonyl (C=O) groups is 2. The topological polar surface area (TPSA) is 87.2 Å². The highest BCUT2D eigenvalue weighted by atomic mass is 32.2. The number of thioether (sulfide) groups is 1. The largest absolute Gasteiger partial charge is 0.360 e. The number of amides is 3. The first-order chi connectivity index (χ1) is 10.1. The van der Waals surface area contributed by atoms with Gasteiger partial charge in [0.25, 0.3) is 0 Å². The van der Waals surface area contributed by atoms with Gasteiger partial charge in [-0.1, -0.05) is 36.4 Å². The van der Waals surface area contributed by atoms with Gasteiger partial charge in [0.1, 0.15) is 0 Å². The molecule has 0 spiro atoms. The number of rotatable bonds is 7. The number of aromatic nitrogens is 2. The molecule has 1 aliphatic heterocycles. The molecular weight excluding hydrogens is 310 g/mol. The van der Waals surface area contributed by atoms with E-state index >= 15 is 0 Å². The number of unbranched alkanes of at least 4 members (excludes halogenated alkanes) is 1. The lowest BCUT2D eigenvalue weighted by molar-refractivity contribution is -0.126. The average Bonchev–Trinajstić information content (AvgIpc) is 3.07. The Kier molecular flexibility index (Phi) is 5.80. The Bertz CT molecular complexity index is 508. The number of nitrogens with one attached hydrogen (secondary N) is 2. The highest BCUT2D eigenvalue weighted by Gasteiger charge is 2.30. The molecular formula is C12H19N5O2S2. The van der Waals surface area contributed by atoms with Crippen LogP contribution in [0.4, 0.5) is 9.93 Å². The van der Waals surface area contributed by atoms with Crippen molar-refractivity contribution >= 4 is 40.2 Å². The number of imide groups is 1. The number of carbonyl (C=O) groups excluding carboxylic acids is 2. The summed E-state index contributed by atoms with van der Waals surface area (Å²) in [5.41, 5.74) is 0. The normalized spacial score (nSPS) is 15.9. The molecule has 9 heteroatoms. The fourth-order valence-corrected chi connectivity index (χ4v) is 3.79. The zero-order chi connectivity index (χ0) is 15.2. The van der Waals surface area contributed by atoms with Gasteiger partial charge in [-0.3, -0.25) is 9.69 Å². The van der Waals surface area contributed by atoms with E-state index in [0.29, 0.717) is 13.1 Å². The fraction of sp³-hybridized carbons (Fsp3) is 0.667. The van der Waals surface area contributed by atoms with Crippen molar-refractivity contribution < 1.29 is 9.59 Å². The lowest BCUT2D eigenvalue weighted by Crippen LogP contribution is -2.38. The van der Waals surface area contributed by atoms with E-state index in [9.17, 15) is 9.59 Å². The Morgan fingerprint density at radius 3 is 3.05 bits per heavy atom. The monoisotopic (exact) mass is 329 g/mol. The molecule has 0 bridgehead atoms. The van der Waals surface area contributed by atoms with Gasteiger partial charge in [-0.2, -0.15) is 0 Å². The van der Waals surface area contributed by atoms with Crippen molar-refractivity contribution in [2.75, 3.05) is 25.0 Å². The van der Waals surface area contributed by atoms with Crippen molar-refractivity contribution in [3.05, 3.63) is 0 Å². The van der Waals surface area contributed by atoms with Crippen molar-refractivity contribution in [1.82, 2.24) is 20.4 Å². The first-order valence-electron chi connectivity index (χ1n) is 6.95. The molecule has 1 fully saturated rings. The van der Waals surface area contributed by atoms with E-state index in [2.05, 4.69) is 27.8 Å². The van der Waals surface area contributed by atoms with E-state index < -0.39 is 0 Å². The minimum Gasteiger partial charge on any atom is -0.360 e. The molecule has 116 valence electrons. The third kappa shape index (κ3) is 4.31. The summed E-state index contributed by atoms with van der Waals surface area (Å²) in [6, 6.07) is -0.313. The molecule has 1 aliphatic rings. The van der Waals surface area contributed by atoms with E-state index in [1.807, 2.05) is 0 Å². The molecule has 2 heterocycles. The van der Waals surface area contributed by atoms with E-state index in [4.69, 9.17) is 0 Å². The second-order valence-electron chi connectivity index (χ2n) is 4.64. The SMILES string of the molecule is CCCCNc1nnc(S[C@H](C)C(=O)N2CCNC2=O)s1. The molecule has 1 aromatic rings. The Morgan fingerprint density at radius 2 is 2.38 bits per heavy atom. The lowest BCUT2D eigenvalue weighted by atomic mass is 10.3. The maximum absolute atomic E-state index is 12.2. The minimum atomic E-state index is -0.356. The van der Waals surface area contributed by atoms with Gasteiger partial charge in [0, 0.05) is 19.6 Å². The Labute approximate surface area is 131 Å². The van der Waals surface area contributed by atoms with Gasteiger partial charge in [0.15, 0.2) is 4.34 Å². The van der Waals surface area contributed by atoms with Crippen molar-refractivity contribution in [1.29, 1.82) is 0 Å². The van der Waals surface area contributed by atoms with Crippen molar-refractivity contribution in [2.45, 2.75) is 36.3 Å². The van der Waals surface area contributed by atoms with Gasteiger partial charge in [-0.25, -0.2) is 4.79 Å². The van der Waals surface area contributed by atoms with Crippen LogP contribution in [0.25, 0.3) is 0 Å². The predicted molar refractivity (Wildman–Crippen MR) is 83.7 cm³/mol. The third-order valence-corrected chi connectivity index (χ3v) is 5.01. The van der Waals surface area contributed by atoms with Crippen LogP contribution in [-0.2, 0) is 4.79 Å². The molecule has 1 saturated heterocycles. The van der Waals surface area contributed by atoms with E-state index in [1.54, 1.807) is 6.92 Å². The lowest BCUT2D eigenvalue weighted by Gasteiger charge is -2.16. The predicted octanol–water partition coefficient (Wildman–Crippen LogP) is 1.78. The summed E-state index contributed by atoms with van der Waals surface area (Å²) < 4.78 is 0.731. The summed E-state index contributed by atoms with van der Waals surface area (Å²) in [5.74, 6) is -0.189. The second-order valence-corrected chi connectivity index (χ2v) is 7.20. The summed E-state index contributed by atoms with van der Waals surface area (Å²) in [5, 5.41) is 14.3. The van der Waals surface area contributed by atoms with Crippen molar-refractivity contribution in [3.63, 3.8) is 0 Å². The second kappa shape index (κ2) is 7.60. The van der Waals surface area contributed by atoms with Crippen LogP contribution in [-0.4, -0.2) is 51.9 Å². The zero-order valence-electron chi connectivity index (χ0n) is 12.1. The molecule has 0 saturated carbocycles.